The van der Waals surface area contributed by atoms with Crippen molar-refractivity contribution in [3.63, 3.8) is 0 Å². The lowest BCUT2D eigenvalue weighted by molar-refractivity contribution is -0.143. The summed E-state index contributed by atoms with van der Waals surface area (Å²) in [6.07, 6.45) is 5.01. The van der Waals surface area contributed by atoms with Gasteiger partial charge in [0.05, 0.1) is 6.04 Å². The molecule has 1 saturated carbocycles. The Morgan fingerprint density at radius 3 is 2.17 bits per heavy atom. The normalized spacial score (nSPS) is 27.8. The molecule has 1 amide bonds. The fourth-order valence-corrected chi connectivity index (χ4v) is 4.19. The number of benzene rings is 1. The minimum atomic E-state index is -0.791. The van der Waals surface area contributed by atoms with Crippen LogP contribution in [0.1, 0.15) is 36.8 Å². The van der Waals surface area contributed by atoms with Crippen LogP contribution in [-0.4, -0.2) is 46.1 Å². The fraction of sp³-hybridized carbons (Fsp3) is 0.556. The van der Waals surface area contributed by atoms with E-state index in [1.165, 1.54) is 11.1 Å². The average Bonchev–Trinajstić information content (AvgIpc) is 3.12. The predicted molar refractivity (Wildman–Crippen MR) is 85.1 cm³/mol. The molecule has 2 fully saturated rings. The second-order valence-corrected chi connectivity index (χ2v) is 7.01. The highest BCUT2D eigenvalue weighted by molar-refractivity contribution is 5.85. The maximum atomic E-state index is 12.7. The number of carboxylic acids is 1. The van der Waals surface area contributed by atoms with Crippen LogP contribution in [-0.2, 0) is 22.4 Å². The number of hydrogen-bond donors (Lipinski definition) is 2. The summed E-state index contributed by atoms with van der Waals surface area (Å²) >= 11 is 0. The Kier molecular flexibility index (Phi) is 3.60. The molecule has 0 spiro atoms. The van der Waals surface area contributed by atoms with Crippen LogP contribution in [0.4, 0.5) is 0 Å². The van der Waals surface area contributed by atoms with E-state index >= 15 is 0 Å². The Labute approximate surface area is 135 Å². The molecule has 2 atom stereocenters. The standard InChI is InChI=1S/C18H22N2O3/c21-17(19-13-9-11-3-1-2-4-12(11)10-13)15-7-8-16(18(22)23)20(15)14-5-6-14/h1-4,13-16H,5-10H2,(H,19,21)(H,22,23). The van der Waals surface area contributed by atoms with Gasteiger partial charge in [-0.1, -0.05) is 24.3 Å². The number of carbonyl (C=O) groups excluding carboxylic acids is 1. The molecule has 1 saturated heterocycles. The number of likely N-dealkylation sites (tertiary alicyclic amines) is 1. The van der Waals surface area contributed by atoms with Gasteiger partial charge in [0.2, 0.25) is 5.91 Å². The summed E-state index contributed by atoms with van der Waals surface area (Å²) in [5.41, 5.74) is 2.62. The van der Waals surface area contributed by atoms with Crippen LogP contribution in [0.2, 0.25) is 0 Å². The molecule has 0 bridgehead atoms. The van der Waals surface area contributed by atoms with E-state index < -0.39 is 12.0 Å². The molecule has 122 valence electrons. The maximum Gasteiger partial charge on any atom is 0.320 e. The van der Waals surface area contributed by atoms with Gasteiger partial charge in [-0.3, -0.25) is 14.5 Å². The number of amides is 1. The van der Waals surface area contributed by atoms with Gasteiger partial charge in [0.25, 0.3) is 0 Å². The van der Waals surface area contributed by atoms with Crippen LogP contribution in [0.15, 0.2) is 24.3 Å². The Hall–Kier alpha value is -1.88. The first-order valence-electron chi connectivity index (χ1n) is 8.51. The lowest BCUT2D eigenvalue weighted by atomic mass is 10.1. The van der Waals surface area contributed by atoms with E-state index in [2.05, 4.69) is 17.4 Å². The number of rotatable bonds is 4. The largest absolute Gasteiger partial charge is 0.480 e. The molecule has 1 aromatic rings. The Morgan fingerprint density at radius 1 is 1.00 bits per heavy atom. The molecule has 2 N–H and O–H groups in total. The molecule has 4 rings (SSSR count). The Morgan fingerprint density at radius 2 is 1.61 bits per heavy atom. The van der Waals surface area contributed by atoms with Crippen LogP contribution >= 0.6 is 0 Å². The Bertz CT molecular complexity index is 616. The molecule has 1 heterocycles. The highest BCUT2D eigenvalue weighted by atomic mass is 16.4. The van der Waals surface area contributed by atoms with E-state index in [0.29, 0.717) is 12.8 Å². The first kappa shape index (κ1) is 14.7. The van der Waals surface area contributed by atoms with Gasteiger partial charge in [0, 0.05) is 12.1 Å². The molecule has 0 aromatic heterocycles. The van der Waals surface area contributed by atoms with Gasteiger partial charge >= 0.3 is 5.97 Å². The fourth-order valence-electron chi connectivity index (χ4n) is 4.19. The summed E-state index contributed by atoms with van der Waals surface area (Å²) in [5.74, 6) is -0.779. The summed E-state index contributed by atoms with van der Waals surface area (Å²) in [7, 11) is 0. The van der Waals surface area contributed by atoms with Gasteiger partial charge in [0.15, 0.2) is 0 Å². The molecule has 5 nitrogen and oxygen atoms in total. The highest BCUT2D eigenvalue weighted by Gasteiger charge is 2.48. The first-order chi connectivity index (χ1) is 11.1. The SMILES string of the molecule is O=C(O)C1CCC(C(=O)NC2Cc3ccccc3C2)N1C1CC1. The van der Waals surface area contributed by atoms with E-state index in [-0.39, 0.29) is 24.0 Å². The molecule has 2 aliphatic carbocycles. The zero-order chi connectivity index (χ0) is 16.0. The van der Waals surface area contributed by atoms with Crippen molar-refractivity contribution >= 4 is 11.9 Å². The summed E-state index contributed by atoms with van der Waals surface area (Å²) in [6.45, 7) is 0. The number of carboxylic acid groups (broad SMARTS) is 1. The second-order valence-electron chi connectivity index (χ2n) is 7.01. The molecule has 3 aliphatic rings. The van der Waals surface area contributed by atoms with Crippen LogP contribution in [0.5, 0.6) is 0 Å². The molecule has 5 heteroatoms. The zero-order valence-electron chi connectivity index (χ0n) is 13.1. The van der Waals surface area contributed by atoms with Gasteiger partial charge < -0.3 is 10.4 Å². The summed E-state index contributed by atoms with van der Waals surface area (Å²) in [5, 5.41) is 12.6. The van der Waals surface area contributed by atoms with Crippen molar-refractivity contribution in [1.29, 1.82) is 0 Å². The smallest absolute Gasteiger partial charge is 0.320 e. The minimum Gasteiger partial charge on any atom is -0.480 e. The minimum absolute atomic E-state index is 0.0125. The lowest BCUT2D eigenvalue weighted by Crippen LogP contribution is -2.51. The van der Waals surface area contributed by atoms with Gasteiger partial charge in [-0.15, -0.1) is 0 Å². The number of aliphatic carboxylic acids is 1. The molecular weight excluding hydrogens is 292 g/mol. The second kappa shape index (κ2) is 5.64. The van der Waals surface area contributed by atoms with E-state index in [9.17, 15) is 14.7 Å². The maximum absolute atomic E-state index is 12.7. The third-order valence-corrected chi connectivity index (χ3v) is 5.39. The molecule has 1 aromatic carbocycles. The van der Waals surface area contributed by atoms with E-state index in [1.54, 1.807) is 0 Å². The van der Waals surface area contributed by atoms with Crippen LogP contribution in [0.25, 0.3) is 0 Å². The van der Waals surface area contributed by atoms with Crippen molar-refractivity contribution in [2.24, 2.45) is 0 Å². The van der Waals surface area contributed by atoms with Crippen molar-refractivity contribution in [2.45, 2.75) is 62.7 Å². The van der Waals surface area contributed by atoms with E-state index in [4.69, 9.17) is 0 Å². The molecule has 0 radical (unpaired) electrons. The summed E-state index contributed by atoms with van der Waals surface area (Å²) in [6, 6.07) is 7.98. The number of hydrogen-bond acceptors (Lipinski definition) is 3. The third-order valence-electron chi connectivity index (χ3n) is 5.39. The monoisotopic (exact) mass is 314 g/mol. The zero-order valence-corrected chi connectivity index (χ0v) is 13.1. The Balaban J connectivity index is 1.42. The number of nitrogens with one attached hydrogen (secondary N) is 1. The topological polar surface area (TPSA) is 69.6 Å². The van der Waals surface area contributed by atoms with Crippen molar-refractivity contribution < 1.29 is 14.7 Å². The van der Waals surface area contributed by atoms with Crippen molar-refractivity contribution in [3.8, 4) is 0 Å². The first-order valence-corrected chi connectivity index (χ1v) is 8.51. The molecule has 1 aliphatic heterocycles. The van der Waals surface area contributed by atoms with Crippen LogP contribution < -0.4 is 5.32 Å². The van der Waals surface area contributed by atoms with Crippen LogP contribution in [0.3, 0.4) is 0 Å². The lowest BCUT2D eigenvalue weighted by Gasteiger charge is -2.28. The van der Waals surface area contributed by atoms with Crippen LogP contribution in [0, 0.1) is 0 Å². The predicted octanol–water partition coefficient (Wildman–Crippen LogP) is 1.35. The molecular formula is C18H22N2O3. The number of carbonyl (C=O) groups is 2. The van der Waals surface area contributed by atoms with E-state index in [1.807, 2.05) is 17.0 Å². The van der Waals surface area contributed by atoms with Gasteiger partial charge in [-0.05, 0) is 49.7 Å². The third kappa shape index (κ3) is 2.74. The summed E-state index contributed by atoms with van der Waals surface area (Å²) in [4.78, 5) is 26.1. The van der Waals surface area contributed by atoms with Crippen molar-refractivity contribution in [1.82, 2.24) is 10.2 Å². The van der Waals surface area contributed by atoms with E-state index in [0.717, 1.165) is 25.7 Å². The van der Waals surface area contributed by atoms with Gasteiger partial charge in [-0.2, -0.15) is 0 Å². The number of nitrogens with zero attached hydrogens (tertiary/aromatic N) is 1. The highest BCUT2D eigenvalue weighted by Crippen LogP contribution is 2.37. The van der Waals surface area contributed by atoms with Gasteiger partial charge in [-0.25, -0.2) is 0 Å². The molecule has 2 unspecified atom stereocenters. The number of fused-ring (bicyclic) bond motifs is 1. The summed E-state index contributed by atoms with van der Waals surface area (Å²) < 4.78 is 0. The van der Waals surface area contributed by atoms with Crippen molar-refractivity contribution in [3.05, 3.63) is 35.4 Å². The molecule has 23 heavy (non-hydrogen) atoms. The quantitative estimate of drug-likeness (QED) is 0.880. The van der Waals surface area contributed by atoms with Gasteiger partial charge in [0.1, 0.15) is 6.04 Å². The average molecular weight is 314 g/mol. The van der Waals surface area contributed by atoms with Crippen molar-refractivity contribution in [2.75, 3.05) is 0 Å².